The van der Waals surface area contributed by atoms with E-state index in [-0.39, 0.29) is 5.54 Å². The highest BCUT2D eigenvalue weighted by Gasteiger charge is 2.46. The van der Waals surface area contributed by atoms with E-state index < -0.39 is 0 Å². The Kier molecular flexibility index (Phi) is 1.52. The first-order valence-electron chi connectivity index (χ1n) is 4.60. The molecule has 0 aromatic carbocycles. The predicted octanol–water partition coefficient (Wildman–Crippen LogP) is 2.03. The van der Waals surface area contributed by atoms with Crippen LogP contribution in [0.1, 0.15) is 39.5 Å². The van der Waals surface area contributed by atoms with Gasteiger partial charge in [0.1, 0.15) is 0 Å². The van der Waals surface area contributed by atoms with Gasteiger partial charge in [0.25, 0.3) is 0 Å². The second-order valence-electron chi connectivity index (χ2n) is 4.50. The van der Waals surface area contributed by atoms with E-state index in [2.05, 4.69) is 13.8 Å². The van der Waals surface area contributed by atoms with Crippen molar-refractivity contribution in [1.29, 1.82) is 0 Å². The van der Waals surface area contributed by atoms with Crippen molar-refractivity contribution in [2.45, 2.75) is 51.1 Å². The molecule has 11 heavy (non-hydrogen) atoms. The zero-order valence-electron chi connectivity index (χ0n) is 7.38. The van der Waals surface area contributed by atoms with Crippen LogP contribution in [0.25, 0.3) is 0 Å². The van der Waals surface area contributed by atoms with E-state index in [1.54, 1.807) is 5.06 Å². The third kappa shape index (κ3) is 0.926. The molecule has 2 saturated heterocycles. The van der Waals surface area contributed by atoms with E-state index in [9.17, 15) is 5.21 Å². The van der Waals surface area contributed by atoms with Crippen LogP contribution in [-0.2, 0) is 0 Å². The van der Waals surface area contributed by atoms with Gasteiger partial charge in [0, 0.05) is 11.6 Å². The lowest BCUT2D eigenvalue weighted by atomic mass is 9.69. The lowest BCUT2D eigenvalue weighted by Crippen LogP contribution is -2.59. The van der Waals surface area contributed by atoms with E-state index >= 15 is 0 Å². The van der Waals surface area contributed by atoms with Crippen LogP contribution in [0.15, 0.2) is 0 Å². The first kappa shape index (κ1) is 7.56. The summed E-state index contributed by atoms with van der Waals surface area (Å²) < 4.78 is 0. The maximum Gasteiger partial charge on any atom is 0.0435 e. The summed E-state index contributed by atoms with van der Waals surface area (Å²) in [6.07, 6.45) is 5.03. The molecule has 3 fully saturated rings. The third-order valence-corrected chi connectivity index (χ3v) is 3.63. The summed E-state index contributed by atoms with van der Waals surface area (Å²) in [5, 5.41) is 11.4. The molecule has 3 rings (SSSR count). The fourth-order valence-electron chi connectivity index (χ4n) is 2.68. The second-order valence-corrected chi connectivity index (χ2v) is 4.50. The van der Waals surface area contributed by atoms with Crippen LogP contribution in [0.2, 0.25) is 0 Å². The van der Waals surface area contributed by atoms with Crippen LogP contribution in [0.3, 0.4) is 0 Å². The Hall–Kier alpha value is -0.0800. The van der Waals surface area contributed by atoms with Crippen molar-refractivity contribution in [3.8, 4) is 0 Å². The van der Waals surface area contributed by atoms with Gasteiger partial charge in [-0.15, -0.1) is 0 Å². The molecule has 0 spiro atoms. The minimum absolute atomic E-state index is 0.0428. The molecule has 2 aliphatic heterocycles. The number of piperidine rings is 2. The summed E-state index contributed by atoms with van der Waals surface area (Å²) in [4.78, 5) is 0. The molecular weight excluding hydrogens is 138 g/mol. The van der Waals surface area contributed by atoms with Crippen LogP contribution in [-0.4, -0.2) is 21.9 Å². The zero-order chi connectivity index (χ0) is 8.06. The summed E-state index contributed by atoms with van der Waals surface area (Å²) in [5.74, 6) is 0.720. The van der Waals surface area contributed by atoms with Crippen molar-refractivity contribution in [3.05, 3.63) is 0 Å². The molecule has 64 valence electrons. The molecule has 1 aliphatic carbocycles. The molecule has 1 N–H and O–H groups in total. The van der Waals surface area contributed by atoms with Crippen LogP contribution >= 0.6 is 0 Å². The average Bonchev–Trinajstić information content (AvgIpc) is 2.01. The molecule has 2 bridgehead atoms. The van der Waals surface area contributed by atoms with Gasteiger partial charge >= 0.3 is 0 Å². The lowest BCUT2D eigenvalue weighted by molar-refractivity contribution is -0.250. The van der Waals surface area contributed by atoms with E-state index in [0.717, 1.165) is 5.92 Å². The van der Waals surface area contributed by atoms with Gasteiger partial charge in [-0.05, 0) is 45.4 Å². The topological polar surface area (TPSA) is 23.5 Å². The first-order chi connectivity index (χ1) is 5.12. The number of fused-ring (bicyclic) bond motifs is 3. The number of hydrogen-bond acceptors (Lipinski definition) is 2. The van der Waals surface area contributed by atoms with Crippen molar-refractivity contribution in [3.63, 3.8) is 0 Å². The Balaban J connectivity index is 2.23. The van der Waals surface area contributed by atoms with Gasteiger partial charge in [-0.2, -0.15) is 5.06 Å². The minimum atomic E-state index is 0.0428. The fourth-order valence-corrected chi connectivity index (χ4v) is 2.68. The van der Waals surface area contributed by atoms with Gasteiger partial charge in [-0.3, -0.25) is 0 Å². The summed E-state index contributed by atoms with van der Waals surface area (Å²) in [6, 6.07) is 0.454. The van der Waals surface area contributed by atoms with Crippen LogP contribution < -0.4 is 0 Å². The molecule has 0 aromatic heterocycles. The summed E-state index contributed by atoms with van der Waals surface area (Å²) in [7, 11) is 0. The fraction of sp³-hybridized carbons (Fsp3) is 1.00. The quantitative estimate of drug-likeness (QED) is 0.578. The highest BCUT2D eigenvalue weighted by atomic mass is 16.5. The number of nitrogens with zero attached hydrogens (tertiary/aromatic N) is 1. The first-order valence-corrected chi connectivity index (χ1v) is 4.60. The van der Waals surface area contributed by atoms with Crippen molar-refractivity contribution in [2.75, 3.05) is 0 Å². The van der Waals surface area contributed by atoms with E-state index in [1.165, 1.54) is 25.7 Å². The van der Waals surface area contributed by atoms with E-state index in [1.807, 2.05) is 0 Å². The third-order valence-electron chi connectivity index (χ3n) is 3.63. The molecule has 0 aromatic rings. The summed E-state index contributed by atoms with van der Waals surface area (Å²) in [5.41, 5.74) is 0.0428. The molecule has 0 atom stereocenters. The zero-order valence-corrected chi connectivity index (χ0v) is 7.38. The Morgan fingerprint density at radius 3 is 2.00 bits per heavy atom. The Morgan fingerprint density at radius 2 is 1.73 bits per heavy atom. The molecule has 1 saturated carbocycles. The van der Waals surface area contributed by atoms with Gasteiger partial charge in [0.2, 0.25) is 0 Å². The molecule has 0 unspecified atom stereocenters. The van der Waals surface area contributed by atoms with E-state index in [0.29, 0.717) is 6.04 Å². The van der Waals surface area contributed by atoms with Gasteiger partial charge in [-0.25, -0.2) is 0 Å². The minimum Gasteiger partial charge on any atom is -0.313 e. The van der Waals surface area contributed by atoms with Crippen molar-refractivity contribution < 1.29 is 5.21 Å². The summed E-state index contributed by atoms with van der Waals surface area (Å²) in [6.45, 7) is 4.31. The maximum absolute atomic E-state index is 9.76. The van der Waals surface area contributed by atoms with Crippen molar-refractivity contribution in [2.24, 2.45) is 5.92 Å². The largest absolute Gasteiger partial charge is 0.313 e. The van der Waals surface area contributed by atoms with Crippen molar-refractivity contribution in [1.82, 2.24) is 5.06 Å². The standard InChI is InChI=1S/C9H17NO/c1-9(2)7-3-5-8(6-4-7)10(9)11/h7-8,11H,3-6H2,1-2H3. The molecule has 2 heteroatoms. The SMILES string of the molecule is CC1(C)C2CCC(CC2)N1O. The van der Waals surface area contributed by atoms with Gasteiger partial charge < -0.3 is 5.21 Å². The monoisotopic (exact) mass is 155 g/mol. The second kappa shape index (κ2) is 2.20. The molecule has 0 radical (unpaired) electrons. The smallest absolute Gasteiger partial charge is 0.0435 e. The molecule has 0 amide bonds. The number of rotatable bonds is 0. The Morgan fingerprint density at radius 1 is 1.18 bits per heavy atom. The predicted molar refractivity (Wildman–Crippen MR) is 43.5 cm³/mol. The van der Waals surface area contributed by atoms with Crippen LogP contribution in [0.4, 0.5) is 0 Å². The number of hydroxylamine groups is 2. The highest BCUT2D eigenvalue weighted by Crippen LogP contribution is 2.44. The Bertz CT molecular complexity index is 155. The molecule has 2 heterocycles. The molecule has 3 aliphatic rings. The maximum atomic E-state index is 9.76. The van der Waals surface area contributed by atoms with E-state index in [4.69, 9.17) is 0 Å². The summed E-state index contributed by atoms with van der Waals surface area (Å²) >= 11 is 0. The number of hydrogen-bond donors (Lipinski definition) is 1. The Labute approximate surface area is 68.2 Å². The average molecular weight is 155 g/mol. The highest BCUT2D eigenvalue weighted by molar-refractivity contribution is 4.97. The van der Waals surface area contributed by atoms with Crippen molar-refractivity contribution >= 4 is 0 Å². The van der Waals surface area contributed by atoms with Crippen LogP contribution in [0.5, 0.6) is 0 Å². The molecular formula is C9H17NO. The van der Waals surface area contributed by atoms with Gasteiger partial charge in [0.05, 0.1) is 0 Å². The van der Waals surface area contributed by atoms with Gasteiger partial charge in [0.15, 0.2) is 0 Å². The normalized spacial score (nSPS) is 42.8. The van der Waals surface area contributed by atoms with Crippen LogP contribution in [0, 0.1) is 5.92 Å². The van der Waals surface area contributed by atoms with Gasteiger partial charge in [-0.1, -0.05) is 0 Å². The lowest BCUT2D eigenvalue weighted by Gasteiger charge is -2.53. The molecule has 2 nitrogen and oxygen atoms in total.